The zero-order valence-electron chi connectivity index (χ0n) is 10.7. The SMILES string of the molecule is Cc1nn(CCCO)c(C)c1S(=O)(=O)NCC(F)F. The van der Waals surface area contributed by atoms with Crippen LogP contribution >= 0.6 is 0 Å². The maximum Gasteiger partial charge on any atom is 0.251 e. The molecule has 0 bridgehead atoms. The van der Waals surface area contributed by atoms with Crippen molar-refractivity contribution >= 4 is 10.0 Å². The van der Waals surface area contributed by atoms with Crippen LogP contribution < -0.4 is 4.72 Å². The highest BCUT2D eigenvalue weighted by Gasteiger charge is 2.25. The van der Waals surface area contributed by atoms with Gasteiger partial charge in [-0.25, -0.2) is 21.9 Å². The number of alkyl halides is 2. The first-order valence-corrected chi connectivity index (χ1v) is 7.20. The average Bonchev–Trinajstić information content (AvgIpc) is 2.60. The summed E-state index contributed by atoms with van der Waals surface area (Å²) in [5, 5.41) is 12.8. The van der Waals surface area contributed by atoms with Gasteiger partial charge in [-0.1, -0.05) is 0 Å². The van der Waals surface area contributed by atoms with Gasteiger partial charge in [0.2, 0.25) is 10.0 Å². The molecule has 0 saturated heterocycles. The van der Waals surface area contributed by atoms with E-state index >= 15 is 0 Å². The first kappa shape index (κ1) is 16.0. The number of hydrogen-bond donors (Lipinski definition) is 2. The third-order valence-corrected chi connectivity index (χ3v) is 4.21. The minimum atomic E-state index is -4.00. The quantitative estimate of drug-likeness (QED) is 0.764. The van der Waals surface area contributed by atoms with Gasteiger partial charge in [0.05, 0.1) is 17.9 Å². The number of rotatable bonds is 7. The number of sulfonamides is 1. The lowest BCUT2D eigenvalue weighted by Crippen LogP contribution is -2.29. The molecule has 0 fully saturated rings. The molecular weight excluding hydrogens is 280 g/mol. The second kappa shape index (κ2) is 6.40. The van der Waals surface area contributed by atoms with Gasteiger partial charge in [0.1, 0.15) is 4.90 Å². The van der Waals surface area contributed by atoms with E-state index in [1.165, 1.54) is 11.6 Å². The molecule has 1 aromatic heterocycles. The zero-order valence-corrected chi connectivity index (χ0v) is 11.5. The Morgan fingerprint density at radius 2 is 2.05 bits per heavy atom. The smallest absolute Gasteiger partial charge is 0.251 e. The summed E-state index contributed by atoms with van der Waals surface area (Å²) in [6.45, 7) is 2.45. The van der Waals surface area contributed by atoms with Crippen molar-refractivity contribution in [3.8, 4) is 0 Å². The maximum atomic E-state index is 12.1. The highest BCUT2D eigenvalue weighted by molar-refractivity contribution is 7.89. The number of nitrogens with zero attached hydrogens (tertiary/aromatic N) is 2. The fourth-order valence-electron chi connectivity index (χ4n) is 1.75. The van der Waals surface area contributed by atoms with Crippen molar-refractivity contribution in [1.82, 2.24) is 14.5 Å². The molecule has 1 heterocycles. The molecule has 0 spiro atoms. The van der Waals surface area contributed by atoms with E-state index in [1.807, 2.05) is 4.72 Å². The van der Waals surface area contributed by atoms with Gasteiger partial charge in [-0.15, -0.1) is 0 Å². The van der Waals surface area contributed by atoms with Crippen molar-refractivity contribution < 1.29 is 22.3 Å². The lowest BCUT2D eigenvalue weighted by Gasteiger charge is -2.07. The van der Waals surface area contributed by atoms with Gasteiger partial charge >= 0.3 is 0 Å². The first-order chi connectivity index (χ1) is 8.79. The third kappa shape index (κ3) is 3.95. The molecule has 19 heavy (non-hydrogen) atoms. The Balaban J connectivity index is 3.03. The molecule has 0 aliphatic carbocycles. The van der Waals surface area contributed by atoms with Crippen LogP contribution in [0.4, 0.5) is 8.78 Å². The molecule has 0 atom stereocenters. The predicted molar refractivity (Wildman–Crippen MR) is 64.6 cm³/mol. The number of nitrogens with one attached hydrogen (secondary N) is 1. The minimum absolute atomic E-state index is 0.0376. The van der Waals surface area contributed by atoms with E-state index in [4.69, 9.17) is 5.11 Å². The summed E-state index contributed by atoms with van der Waals surface area (Å²) >= 11 is 0. The van der Waals surface area contributed by atoms with E-state index in [2.05, 4.69) is 5.10 Å². The predicted octanol–water partition coefficient (Wildman–Crippen LogP) is 0.426. The molecule has 0 aliphatic heterocycles. The van der Waals surface area contributed by atoms with E-state index < -0.39 is 23.0 Å². The van der Waals surface area contributed by atoms with Crippen molar-refractivity contribution in [1.29, 1.82) is 0 Å². The number of hydrogen-bond acceptors (Lipinski definition) is 4. The fourth-order valence-corrected chi connectivity index (χ4v) is 3.17. The summed E-state index contributed by atoms with van der Waals surface area (Å²) in [5.74, 6) is 0. The summed E-state index contributed by atoms with van der Waals surface area (Å²) in [7, 11) is -4.00. The molecular formula is C10H17F2N3O3S. The van der Waals surface area contributed by atoms with Gasteiger partial charge in [-0.3, -0.25) is 4.68 Å². The Labute approximate surface area is 110 Å². The highest BCUT2D eigenvalue weighted by atomic mass is 32.2. The molecule has 0 unspecified atom stereocenters. The Hall–Kier alpha value is -1.06. The summed E-state index contributed by atoms with van der Waals surface area (Å²) in [5.41, 5.74) is 0.616. The number of aliphatic hydroxyl groups is 1. The van der Waals surface area contributed by atoms with Crippen molar-refractivity contribution in [2.75, 3.05) is 13.2 Å². The molecule has 2 N–H and O–H groups in total. The molecule has 0 aliphatic rings. The number of aromatic nitrogens is 2. The first-order valence-electron chi connectivity index (χ1n) is 5.72. The van der Waals surface area contributed by atoms with Crippen LogP contribution in [0.1, 0.15) is 17.8 Å². The summed E-state index contributed by atoms with van der Waals surface area (Å²) < 4.78 is 51.3. The van der Waals surface area contributed by atoms with Crippen molar-refractivity contribution in [3.63, 3.8) is 0 Å². The molecule has 6 nitrogen and oxygen atoms in total. The summed E-state index contributed by atoms with van der Waals surface area (Å²) in [6, 6.07) is 0. The molecule has 1 aromatic rings. The van der Waals surface area contributed by atoms with E-state index in [-0.39, 0.29) is 17.2 Å². The molecule has 0 amide bonds. The second-order valence-electron chi connectivity index (χ2n) is 4.04. The topological polar surface area (TPSA) is 84.2 Å². The minimum Gasteiger partial charge on any atom is -0.396 e. The third-order valence-electron chi connectivity index (χ3n) is 2.54. The average molecular weight is 297 g/mol. The van der Waals surface area contributed by atoms with E-state index in [0.29, 0.717) is 18.7 Å². The standard InChI is InChI=1S/C10H17F2N3O3S/c1-7-10(19(17,18)13-6-9(11)12)8(2)15(14-7)4-3-5-16/h9,13,16H,3-6H2,1-2H3. The molecule has 110 valence electrons. The van der Waals surface area contributed by atoms with E-state index in [9.17, 15) is 17.2 Å². The van der Waals surface area contributed by atoms with Gasteiger partial charge in [-0.05, 0) is 20.3 Å². The van der Waals surface area contributed by atoms with Crippen LogP contribution in [-0.4, -0.2) is 42.9 Å². The van der Waals surface area contributed by atoms with Crippen LogP contribution in [-0.2, 0) is 16.6 Å². The number of halogens is 2. The van der Waals surface area contributed by atoms with Crippen LogP contribution in [0.2, 0.25) is 0 Å². The van der Waals surface area contributed by atoms with Gasteiger partial charge < -0.3 is 5.11 Å². The molecule has 0 aromatic carbocycles. The van der Waals surface area contributed by atoms with Crippen LogP contribution in [0.15, 0.2) is 4.90 Å². The Bertz CT molecular complexity index is 528. The Morgan fingerprint density at radius 3 is 2.58 bits per heavy atom. The number of aliphatic hydroxyl groups excluding tert-OH is 1. The van der Waals surface area contributed by atoms with Crippen LogP contribution in [0.5, 0.6) is 0 Å². The zero-order chi connectivity index (χ0) is 14.6. The largest absolute Gasteiger partial charge is 0.396 e. The molecule has 1 rings (SSSR count). The van der Waals surface area contributed by atoms with Crippen molar-refractivity contribution in [2.24, 2.45) is 0 Å². The summed E-state index contributed by atoms with van der Waals surface area (Å²) in [4.78, 5) is -0.0777. The highest BCUT2D eigenvalue weighted by Crippen LogP contribution is 2.19. The molecule has 0 saturated carbocycles. The van der Waals surface area contributed by atoms with Crippen LogP contribution in [0.3, 0.4) is 0 Å². The Kier molecular flexibility index (Phi) is 5.39. The number of aryl methyl sites for hydroxylation is 2. The van der Waals surface area contributed by atoms with Gasteiger partial charge in [0, 0.05) is 13.2 Å². The van der Waals surface area contributed by atoms with E-state index in [0.717, 1.165) is 0 Å². The Morgan fingerprint density at radius 1 is 1.42 bits per heavy atom. The van der Waals surface area contributed by atoms with Crippen molar-refractivity contribution in [2.45, 2.75) is 38.1 Å². The van der Waals surface area contributed by atoms with Gasteiger partial charge in [0.15, 0.2) is 0 Å². The fraction of sp³-hybridized carbons (Fsp3) is 0.700. The normalized spacial score (nSPS) is 12.3. The van der Waals surface area contributed by atoms with Crippen LogP contribution in [0.25, 0.3) is 0 Å². The maximum absolute atomic E-state index is 12.1. The van der Waals surface area contributed by atoms with Crippen molar-refractivity contribution in [3.05, 3.63) is 11.4 Å². The van der Waals surface area contributed by atoms with Crippen LogP contribution in [0, 0.1) is 13.8 Å². The lowest BCUT2D eigenvalue weighted by atomic mass is 10.4. The lowest BCUT2D eigenvalue weighted by molar-refractivity contribution is 0.153. The van der Waals surface area contributed by atoms with Gasteiger partial charge in [-0.2, -0.15) is 5.10 Å². The monoisotopic (exact) mass is 297 g/mol. The second-order valence-corrected chi connectivity index (χ2v) is 5.75. The summed E-state index contributed by atoms with van der Waals surface area (Å²) in [6.07, 6.45) is -2.31. The van der Waals surface area contributed by atoms with Gasteiger partial charge in [0.25, 0.3) is 6.43 Å². The molecule has 0 radical (unpaired) electrons. The molecule has 9 heteroatoms. The van der Waals surface area contributed by atoms with E-state index in [1.54, 1.807) is 6.92 Å².